The quantitative estimate of drug-likeness (QED) is 0.692. The Labute approximate surface area is 78.7 Å². The summed E-state index contributed by atoms with van der Waals surface area (Å²) in [6.07, 6.45) is 2.67. The molecule has 1 aromatic heterocycles. The fourth-order valence-corrected chi connectivity index (χ4v) is 0.884. The highest BCUT2D eigenvalue weighted by atomic mass is 15.0. The van der Waals surface area contributed by atoms with E-state index in [9.17, 15) is 0 Å². The summed E-state index contributed by atoms with van der Waals surface area (Å²) in [4.78, 5) is 4.11. The zero-order valence-electron chi connectivity index (χ0n) is 7.88. The third-order valence-corrected chi connectivity index (χ3v) is 1.80. The molecule has 1 rings (SSSR count). The molecule has 1 heterocycles. The van der Waals surface area contributed by atoms with Gasteiger partial charge in [-0.3, -0.25) is 0 Å². The zero-order valence-corrected chi connectivity index (χ0v) is 7.88. The molecule has 13 heavy (non-hydrogen) atoms. The molecule has 0 spiro atoms. The second kappa shape index (κ2) is 4.50. The second-order valence-electron chi connectivity index (χ2n) is 2.93. The van der Waals surface area contributed by atoms with Crippen LogP contribution in [0.25, 0.3) is 0 Å². The summed E-state index contributed by atoms with van der Waals surface area (Å²) in [5.74, 6) is 0.801. The molecule has 3 N–H and O–H groups in total. The van der Waals surface area contributed by atoms with E-state index in [0.717, 1.165) is 30.0 Å². The number of rotatable bonds is 4. The number of hydrogen-bond donors (Lipinski definition) is 2. The summed E-state index contributed by atoms with van der Waals surface area (Å²) in [6, 6.07) is 3.57. The third-order valence-electron chi connectivity index (χ3n) is 1.80. The van der Waals surface area contributed by atoms with E-state index in [-0.39, 0.29) is 0 Å². The number of anilines is 2. The van der Waals surface area contributed by atoms with Gasteiger partial charge in [0.25, 0.3) is 0 Å². The molecule has 0 aromatic carbocycles. The first kappa shape index (κ1) is 9.58. The van der Waals surface area contributed by atoms with Gasteiger partial charge < -0.3 is 11.1 Å². The molecule has 0 radical (unpaired) electrons. The molecule has 3 nitrogen and oxygen atoms in total. The largest absolute Gasteiger partial charge is 0.399 e. The Kier molecular flexibility index (Phi) is 3.31. The minimum Gasteiger partial charge on any atom is -0.399 e. The lowest BCUT2D eigenvalue weighted by Gasteiger charge is -2.06. The van der Waals surface area contributed by atoms with Crippen LogP contribution < -0.4 is 11.1 Å². The lowest BCUT2D eigenvalue weighted by molar-refractivity contribution is 1.04. The van der Waals surface area contributed by atoms with E-state index < -0.39 is 0 Å². The molecular formula is C10H15N3. The van der Waals surface area contributed by atoms with Crippen molar-refractivity contribution < 1.29 is 0 Å². The van der Waals surface area contributed by atoms with Crippen molar-refractivity contribution >= 4 is 11.5 Å². The van der Waals surface area contributed by atoms with Gasteiger partial charge in [0.15, 0.2) is 0 Å². The molecule has 1 aromatic rings. The Morgan fingerprint density at radius 3 is 3.08 bits per heavy atom. The lowest BCUT2D eigenvalue weighted by atomic mass is 10.2. The predicted molar refractivity (Wildman–Crippen MR) is 56.6 cm³/mol. The van der Waals surface area contributed by atoms with Crippen molar-refractivity contribution in [2.45, 2.75) is 13.3 Å². The number of nitrogen functional groups attached to an aromatic ring is 1. The fourth-order valence-electron chi connectivity index (χ4n) is 0.884. The third kappa shape index (κ3) is 3.15. The van der Waals surface area contributed by atoms with Gasteiger partial charge in [0.2, 0.25) is 0 Å². The van der Waals surface area contributed by atoms with E-state index in [4.69, 9.17) is 5.73 Å². The normalized spacial score (nSPS) is 9.62. The first-order valence-electron chi connectivity index (χ1n) is 4.34. The van der Waals surface area contributed by atoms with Crippen LogP contribution >= 0.6 is 0 Å². The van der Waals surface area contributed by atoms with Crippen LogP contribution in [0, 0.1) is 0 Å². The van der Waals surface area contributed by atoms with Crippen molar-refractivity contribution in [2.75, 3.05) is 17.6 Å². The molecule has 0 aliphatic rings. The van der Waals surface area contributed by atoms with Crippen molar-refractivity contribution in [3.8, 4) is 0 Å². The van der Waals surface area contributed by atoms with E-state index >= 15 is 0 Å². The summed E-state index contributed by atoms with van der Waals surface area (Å²) in [6.45, 7) is 6.73. The maximum atomic E-state index is 5.60. The van der Waals surface area contributed by atoms with E-state index in [1.165, 1.54) is 0 Å². The average molecular weight is 177 g/mol. The van der Waals surface area contributed by atoms with Crippen LogP contribution in [0.2, 0.25) is 0 Å². The van der Waals surface area contributed by atoms with E-state index in [1.807, 2.05) is 6.07 Å². The van der Waals surface area contributed by atoms with Crippen LogP contribution in [-0.4, -0.2) is 11.5 Å². The van der Waals surface area contributed by atoms with Gasteiger partial charge in [-0.2, -0.15) is 0 Å². The number of nitrogens with zero attached hydrogens (tertiary/aromatic N) is 1. The number of nitrogens with one attached hydrogen (secondary N) is 1. The van der Waals surface area contributed by atoms with Crippen LogP contribution in [0.15, 0.2) is 30.5 Å². The Hall–Kier alpha value is -1.51. The Morgan fingerprint density at radius 2 is 2.46 bits per heavy atom. The number of aromatic nitrogens is 1. The molecule has 0 unspecified atom stereocenters. The van der Waals surface area contributed by atoms with Gasteiger partial charge in [-0.25, -0.2) is 4.98 Å². The SMILES string of the molecule is C=C(CC)CNc1cc(N)ccn1. The minimum atomic E-state index is 0.722. The number of pyridine rings is 1. The van der Waals surface area contributed by atoms with Crippen molar-refractivity contribution in [1.82, 2.24) is 4.98 Å². The summed E-state index contributed by atoms with van der Waals surface area (Å²) in [7, 11) is 0. The highest BCUT2D eigenvalue weighted by Crippen LogP contribution is 2.08. The van der Waals surface area contributed by atoms with Crippen LogP contribution in [-0.2, 0) is 0 Å². The van der Waals surface area contributed by atoms with Crippen LogP contribution in [0.5, 0.6) is 0 Å². The highest BCUT2D eigenvalue weighted by Gasteiger charge is 1.94. The summed E-state index contributed by atoms with van der Waals surface area (Å²) >= 11 is 0. The standard InChI is InChI=1S/C10H15N3/c1-3-8(2)7-13-10-6-9(11)4-5-12-10/h4-6H,2-3,7H2,1H3,(H3,11,12,13). The highest BCUT2D eigenvalue weighted by molar-refractivity contribution is 5.48. The van der Waals surface area contributed by atoms with Crippen molar-refractivity contribution in [1.29, 1.82) is 0 Å². The summed E-state index contributed by atoms with van der Waals surface area (Å²) in [5.41, 5.74) is 7.47. The topological polar surface area (TPSA) is 50.9 Å². The van der Waals surface area contributed by atoms with Crippen molar-refractivity contribution in [3.63, 3.8) is 0 Å². The molecule has 0 saturated carbocycles. The van der Waals surface area contributed by atoms with E-state index in [1.54, 1.807) is 12.3 Å². The zero-order chi connectivity index (χ0) is 9.68. The van der Waals surface area contributed by atoms with Crippen LogP contribution in [0.3, 0.4) is 0 Å². The van der Waals surface area contributed by atoms with Gasteiger partial charge >= 0.3 is 0 Å². The molecule has 0 aliphatic heterocycles. The first-order valence-corrected chi connectivity index (χ1v) is 4.34. The van der Waals surface area contributed by atoms with Gasteiger partial charge in [0, 0.05) is 24.5 Å². The molecule has 0 bridgehead atoms. The van der Waals surface area contributed by atoms with Crippen LogP contribution in [0.1, 0.15) is 13.3 Å². The fraction of sp³-hybridized carbons (Fsp3) is 0.300. The maximum absolute atomic E-state index is 5.60. The van der Waals surface area contributed by atoms with Crippen molar-refractivity contribution in [2.24, 2.45) is 0 Å². The van der Waals surface area contributed by atoms with Gasteiger partial charge in [0.05, 0.1) is 0 Å². The molecule has 0 saturated heterocycles. The van der Waals surface area contributed by atoms with Crippen molar-refractivity contribution in [3.05, 3.63) is 30.5 Å². The monoisotopic (exact) mass is 177 g/mol. The lowest BCUT2D eigenvalue weighted by Crippen LogP contribution is -2.05. The molecule has 0 amide bonds. The van der Waals surface area contributed by atoms with Gasteiger partial charge in [-0.1, -0.05) is 19.1 Å². The molecule has 3 heteroatoms. The van der Waals surface area contributed by atoms with Gasteiger partial charge in [-0.15, -0.1) is 0 Å². The Morgan fingerprint density at radius 1 is 1.69 bits per heavy atom. The Bertz CT molecular complexity index is 294. The second-order valence-corrected chi connectivity index (χ2v) is 2.93. The van der Waals surface area contributed by atoms with E-state index in [2.05, 4.69) is 23.8 Å². The summed E-state index contributed by atoms with van der Waals surface area (Å²) in [5, 5.41) is 3.15. The molecule has 0 aliphatic carbocycles. The van der Waals surface area contributed by atoms with Gasteiger partial charge in [-0.05, 0) is 12.5 Å². The van der Waals surface area contributed by atoms with E-state index in [0.29, 0.717) is 0 Å². The first-order chi connectivity index (χ1) is 6.22. The Balaban J connectivity index is 2.50. The molecule has 0 fully saturated rings. The number of nitrogens with two attached hydrogens (primary N) is 1. The minimum absolute atomic E-state index is 0.722. The summed E-state index contributed by atoms with van der Waals surface area (Å²) < 4.78 is 0. The molecule has 0 atom stereocenters. The molecule has 70 valence electrons. The average Bonchev–Trinajstić information content (AvgIpc) is 2.14. The smallest absolute Gasteiger partial charge is 0.128 e. The maximum Gasteiger partial charge on any atom is 0.128 e. The van der Waals surface area contributed by atoms with Crippen LogP contribution in [0.4, 0.5) is 11.5 Å². The molecular weight excluding hydrogens is 162 g/mol. The van der Waals surface area contributed by atoms with Gasteiger partial charge in [0.1, 0.15) is 5.82 Å². The predicted octanol–water partition coefficient (Wildman–Crippen LogP) is 2.04. The number of hydrogen-bond acceptors (Lipinski definition) is 3.